The predicted molar refractivity (Wildman–Crippen MR) is 73.1 cm³/mol. The van der Waals surface area contributed by atoms with Crippen LogP contribution in [0.4, 0.5) is 0 Å². The summed E-state index contributed by atoms with van der Waals surface area (Å²) in [6.07, 6.45) is 4.73. The maximum absolute atomic E-state index is 12.3. The van der Waals surface area contributed by atoms with Gasteiger partial charge < -0.3 is 4.74 Å². The lowest BCUT2D eigenvalue weighted by Crippen LogP contribution is -2.31. The Bertz CT molecular complexity index is 564. The molecule has 0 aliphatic rings. The predicted octanol–water partition coefficient (Wildman–Crippen LogP) is 1.95. The largest absolute Gasteiger partial charge is 0.465 e. The summed E-state index contributed by atoms with van der Waals surface area (Å²) in [6.45, 7) is 1.97. The van der Waals surface area contributed by atoms with Crippen LogP contribution in [-0.4, -0.2) is 28.0 Å². The second kappa shape index (κ2) is 6.65. The summed E-state index contributed by atoms with van der Waals surface area (Å²) in [5.74, 6) is -1.69. The van der Waals surface area contributed by atoms with Gasteiger partial charge in [-0.2, -0.15) is 0 Å². The van der Waals surface area contributed by atoms with Gasteiger partial charge in [0.1, 0.15) is 12.2 Å². The lowest BCUT2D eigenvalue weighted by atomic mass is 9.98. The van der Waals surface area contributed by atoms with Gasteiger partial charge in [-0.3, -0.25) is 14.2 Å². The van der Waals surface area contributed by atoms with Crippen molar-refractivity contribution in [2.45, 2.75) is 13.3 Å². The number of rotatable bonds is 5. The molecule has 5 nitrogen and oxygen atoms in total. The first-order valence-electron chi connectivity index (χ1n) is 6.45. The van der Waals surface area contributed by atoms with Gasteiger partial charge in [0.2, 0.25) is 5.91 Å². The van der Waals surface area contributed by atoms with Crippen molar-refractivity contribution in [3.05, 3.63) is 54.6 Å². The molecule has 0 amide bonds. The number of esters is 1. The van der Waals surface area contributed by atoms with Gasteiger partial charge in [0, 0.05) is 12.4 Å². The molecule has 0 bridgehead atoms. The first-order valence-corrected chi connectivity index (χ1v) is 6.45. The Morgan fingerprint density at radius 2 is 2.05 bits per heavy atom. The number of aromatic nitrogens is 2. The Hall–Kier alpha value is -2.43. The number of carbonyl (C=O) groups is 2. The van der Waals surface area contributed by atoms with E-state index in [1.165, 1.54) is 23.3 Å². The smallest absolute Gasteiger partial charge is 0.318 e. The molecular weight excluding hydrogens is 256 g/mol. The summed E-state index contributed by atoms with van der Waals surface area (Å²) >= 11 is 0. The SMILES string of the molecule is CCOC(=O)C(Cc1ccccc1)C(=O)n1ccnc1. The van der Waals surface area contributed by atoms with Crippen molar-refractivity contribution in [3.63, 3.8) is 0 Å². The minimum Gasteiger partial charge on any atom is -0.465 e. The highest BCUT2D eigenvalue weighted by molar-refractivity contribution is 5.99. The molecule has 0 N–H and O–H groups in total. The van der Waals surface area contributed by atoms with E-state index in [2.05, 4.69) is 4.98 Å². The molecular formula is C15H16N2O3. The van der Waals surface area contributed by atoms with Gasteiger partial charge in [-0.1, -0.05) is 30.3 Å². The van der Waals surface area contributed by atoms with Crippen molar-refractivity contribution in [2.75, 3.05) is 6.61 Å². The number of hydrogen-bond donors (Lipinski definition) is 0. The highest BCUT2D eigenvalue weighted by Gasteiger charge is 2.29. The van der Waals surface area contributed by atoms with Gasteiger partial charge in [-0.15, -0.1) is 0 Å². The lowest BCUT2D eigenvalue weighted by molar-refractivity contribution is -0.146. The van der Waals surface area contributed by atoms with Crippen LogP contribution in [-0.2, 0) is 16.0 Å². The molecule has 0 radical (unpaired) electrons. The zero-order valence-corrected chi connectivity index (χ0v) is 11.2. The third kappa shape index (κ3) is 3.32. The number of benzene rings is 1. The summed E-state index contributed by atoms with van der Waals surface area (Å²) in [7, 11) is 0. The van der Waals surface area contributed by atoms with E-state index in [9.17, 15) is 9.59 Å². The van der Waals surface area contributed by atoms with Crippen molar-refractivity contribution < 1.29 is 14.3 Å². The Morgan fingerprint density at radius 1 is 1.30 bits per heavy atom. The first kappa shape index (κ1) is 14.0. The Labute approximate surface area is 117 Å². The Kier molecular flexibility index (Phi) is 4.65. The van der Waals surface area contributed by atoms with Gasteiger partial charge in [-0.25, -0.2) is 4.98 Å². The topological polar surface area (TPSA) is 61.2 Å². The zero-order chi connectivity index (χ0) is 14.4. The van der Waals surface area contributed by atoms with E-state index >= 15 is 0 Å². The lowest BCUT2D eigenvalue weighted by Gasteiger charge is -2.14. The molecule has 0 spiro atoms. The third-order valence-electron chi connectivity index (χ3n) is 2.91. The molecule has 0 fully saturated rings. The van der Waals surface area contributed by atoms with Crippen LogP contribution in [0.1, 0.15) is 17.3 Å². The molecule has 2 aromatic rings. The van der Waals surface area contributed by atoms with Crippen molar-refractivity contribution in [1.82, 2.24) is 9.55 Å². The van der Waals surface area contributed by atoms with Crippen molar-refractivity contribution in [3.8, 4) is 0 Å². The van der Waals surface area contributed by atoms with E-state index in [-0.39, 0.29) is 12.5 Å². The number of carbonyl (C=O) groups excluding carboxylic acids is 2. The first-order chi connectivity index (χ1) is 9.72. The maximum Gasteiger partial charge on any atom is 0.318 e. The zero-order valence-electron chi connectivity index (χ0n) is 11.2. The monoisotopic (exact) mass is 272 g/mol. The molecule has 1 aromatic heterocycles. The van der Waals surface area contributed by atoms with Gasteiger partial charge in [0.25, 0.3) is 0 Å². The van der Waals surface area contributed by atoms with Crippen LogP contribution >= 0.6 is 0 Å². The summed E-state index contributed by atoms with van der Waals surface area (Å²) in [5.41, 5.74) is 0.916. The van der Waals surface area contributed by atoms with E-state index in [0.717, 1.165) is 5.56 Å². The normalized spacial score (nSPS) is 11.8. The van der Waals surface area contributed by atoms with Crippen LogP contribution in [0.5, 0.6) is 0 Å². The maximum atomic E-state index is 12.3. The fourth-order valence-electron chi connectivity index (χ4n) is 1.93. The van der Waals surface area contributed by atoms with Crippen molar-refractivity contribution in [1.29, 1.82) is 0 Å². The molecule has 0 saturated carbocycles. The molecule has 0 aliphatic carbocycles. The summed E-state index contributed by atoms with van der Waals surface area (Å²) in [5, 5.41) is 0. The third-order valence-corrected chi connectivity index (χ3v) is 2.91. The number of hydrogen-bond acceptors (Lipinski definition) is 4. The molecule has 5 heteroatoms. The minimum atomic E-state index is -0.855. The van der Waals surface area contributed by atoms with Crippen LogP contribution in [0.2, 0.25) is 0 Å². The van der Waals surface area contributed by atoms with Crippen molar-refractivity contribution in [2.24, 2.45) is 5.92 Å². The van der Waals surface area contributed by atoms with Gasteiger partial charge >= 0.3 is 5.97 Å². The minimum absolute atomic E-state index is 0.251. The van der Waals surface area contributed by atoms with E-state index in [1.54, 1.807) is 6.92 Å². The fourth-order valence-corrected chi connectivity index (χ4v) is 1.93. The molecule has 1 aromatic carbocycles. The summed E-state index contributed by atoms with van der Waals surface area (Å²) < 4.78 is 6.31. The van der Waals surface area contributed by atoms with Crippen LogP contribution in [0.25, 0.3) is 0 Å². The van der Waals surface area contributed by atoms with Crippen LogP contribution in [0, 0.1) is 5.92 Å². The van der Waals surface area contributed by atoms with Crippen LogP contribution in [0.15, 0.2) is 49.1 Å². The van der Waals surface area contributed by atoms with Gasteiger partial charge in [0.05, 0.1) is 6.61 Å². The van der Waals surface area contributed by atoms with E-state index < -0.39 is 11.9 Å². The fraction of sp³-hybridized carbons (Fsp3) is 0.267. The quantitative estimate of drug-likeness (QED) is 0.616. The molecule has 1 heterocycles. The average molecular weight is 272 g/mol. The number of imidazole rings is 1. The number of ether oxygens (including phenoxy) is 1. The van der Waals surface area contributed by atoms with E-state index in [4.69, 9.17) is 4.74 Å². The molecule has 2 rings (SSSR count). The van der Waals surface area contributed by atoms with E-state index in [1.807, 2.05) is 30.3 Å². The van der Waals surface area contributed by atoms with Gasteiger partial charge in [-0.05, 0) is 18.9 Å². The molecule has 1 atom stereocenters. The molecule has 0 saturated heterocycles. The molecule has 1 unspecified atom stereocenters. The standard InChI is InChI=1S/C15H16N2O3/c1-2-20-15(19)13(10-12-6-4-3-5-7-12)14(18)17-9-8-16-11-17/h3-9,11,13H,2,10H2,1H3. The Balaban J connectivity index is 2.21. The highest BCUT2D eigenvalue weighted by Crippen LogP contribution is 2.13. The molecule has 0 aliphatic heterocycles. The summed E-state index contributed by atoms with van der Waals surface area (Å²) in [4.78, 5) is 28.2. The van der Waals surface area contributed by atoms with Crippen molar-refractivity contribution >= 4 is 11.9 Å². The molecule has 104 valence electrons. The second-order valence-corrected chi connectivity index (χ2v) is 4.30. The Morgan fingerprint density at radius 3 is 2.65 bits per heavy atom. The number of nitrogens with zero attached hydrogens (tertiary/aromatic N) is 2. The van der Waals surface area contributed by atoms with E-state index in [0.29, 0.717) is 6.42 Å². The van der Waals surface area contributed by atoms with Gasteiger partial charge in [0.15, 0.2) is 0 Å². The van der Waals surface area contributed by atoms with Crippen LogP contribution in [0.3, 0.4) is 0 Å². The van der Waals surface area contributed by atoms with Crippen LogP contribution < -0.4 is 0 Å². The second-order valence-electron chi connectivity index (χ2n) is 4.30. The molecule has 20 heavy (non-hydrogen) atoms. The summed E-state index contributed by atoms with van der Waals surface area (Å²) in [6, 6.07) is 9.40. The average Bonchev–Trinajstić information content (AvgIpc) is 2.99. The highest BCUT2D eigenvalue weighted by atomic mass is 16.5.